The molecule has 1 fully saturated rings. The van der Waals surface area contributed by atoms with E-state index in [1.54, 1.807) is 33.9 Å². The first-order valence-corrected chi connectivity index (χ1v) is 9.59. The number of aromatic nitrogens is 5. The van der Waals surface area contributed by atoms with Gasteiger partial charge in [-0.3, -0.25) is 9.48 Å². The third kappa shape index (κ3) is 3.75. The molecule has 9 nitrogen and oxygen atoms in total. The molecule has 1 aliphatic rings. The van der Waals surface area contributed by atoms with Gasteiger partial charge in [0.05, 0.1) is 24.3 Å². The topological polar surface area (TPSA) is 105 Å². The molecule has 1 saturated heterocycles. The zero-order chi connectivity index (χ0) is 18.7. The zero-order valence-corrected chi connectivity index (χ0v) is 15.2. The minimum atomic E-state index is -3.10. The second kappa shape index (κ2) is 7.26. The molecular weight excluding hydrogens is 356 g/mol. The van der Waals surface area contributed by atoms with E-state index in [4.69, 9.17) is 0 Å². The van der Waals surface area contributed by atoms with Crippen LogP contribution in [0, 0.1) is 0 Å². The summed E-state index contributed by atoms with van der Waals surface area (Å²) in [6.07, 6.45) is 8.85. The van der Waals surface area contributed by atoms with Crippen molar-refractivity contribution in [2.75, 3.05) is 13.1 Å². The summed E-state index contributed by atoms with van der Waals surface area (Å²) in [6.45, 7) is 4.57. The fraction of sp³-hybridized carbons (Fsp3) is 0.312. The van der Waals surface area contributed by atoms with Gasteiger partial charge in [0, 0.05) is 37.3 Å². The molecule has 1 aliphatic heterocycles. The molecule has 0 saturated carbocycles. The van der Waals surface area contributed by atoms with E-state index in [0.29, 0.717) is 24.3 Å². The number of H-pyrrole nitrogens is 1. The number of aryl methyl sites for hydroxylation is 1. The maximum absolute atomic E-state index is 11.7. The lowest BCUT2D eigenvalue weighted by molar-refractivity contribution is 0.486. The average Bonchev–Trinajstić information content (AvgIpc) is 3.36. The number of nitrogens with zero attached hydrogens (tertiary/aromatic N) is 5. The number of sulfonamides is 1. The highest BCUT2D eigenvalue weighted by molar-refractivity contribution is 7.92. The fourth-order valence-electron chi connectivity index (χ4n) is 2.69. The molecule has 1 N–H and O–H groups in total. The molecular formula is C16H20N6O3S. The highest BCUT2D eigenvalue weighted by Gasteiger charge is 2.21. The Kier molecular flexibility index (Phi) is 5.05. The SMILES string of the molecule is C=CS(=O)(=O)N1CCCC1.Cn1cc(-c2cn3nccc3c(=O)[nH]2)cn1. The van der Waals surface area contributed by atoms with Gasteiger partial charge >= 0.3 is 0 Å². The summed E-state index contributed by atoms with van der Waals surface area (Å²) < 4.78 is 26.7. The van der Waals surface area contributed by atoms with Crippen LogP contribution in [-0.4, -0.2) is 50.2 Å². The van der Waals surface area contributed by atoms with Crippen LogP contribution in [-0.2, 0) is 17.1 Å². The molecule has 0 radical (unpaired) electrons. The van der Waals surface area contributed by atoms with Gasteiger partial charge in [0.1, 0.15) is 5.52 Å². The maximum Gasteiger partial charge on any atom is 0.274 e. The molecule has 138 valence electrons. The summed E-state index contributed by atoms with van der Waals surface area (Å²) in [5.74, 6) is 0. The molecule has 10 heteroatoms. The number of nitrogens with one attached hydrogen (secondary N) is 1. The Balaban J connectivity index is 0.000000170. The number of rotatable bonds is 3. The number of hydrogen-bond acceptors (Lipinski definition) is 5. The van der Waals surface area contributed by atoms with Gasteiger partial charge in [0.25, 0.3) is 5.56 Å². The van der Waals surface area contributed by atoms with Crippen molar-refractivity contribution in [3.05, 3.63) is 53.2 Å². The van der Waals surface area contributed by atoms with Crippen LogP contribution in [0.1, 0.15) is 12.8 Å². The molecule has 4 rings (SSSR count). The minimum absolute atomic E-state index is 0.154. The lowest BCUT2D eigenvalue weighted by Crippen LogP contribution is -2.25. The Hall–Kier alpha value is -2.72. The molecule has 0 amide bonds. The van der Waals surface area contributed by atoms with E-state index in [-0.39, 0.29) is 5.56 Å². The van der Waals surface area contributed by atoms with Crippen molar-refractivity contribution < 1.29 is 8.42 Å². The molecule has 0 bridgehead atoms. The molecule has 3 aromatic heterocycles. The smallest absolute Gasteiger partial charge is 0.274 e. The normalized spacial score (nSPS) is 15.0. The van der Waals surface area contributed by atoms with Crippen molar-refractivity contribution >= 4 is 15.5 Å². The van der Waals surface area contributed by atoms with E-state index in [0.717, 1.165) is 23.8 Å². The summed E-state index contributed by atoms with van der Waals surface area (Å²) in [4.78, 5) is 14.5. The number of fused-ring (bicyclic) bond motifs is 1. The second-order valence-corrected chi connectivity index (χ2v) is 7.76. The van der Waals surface area contributed by atoms with Gasteiger partial charge in [-0.25, -0.2) is 12.9 Å². The lowest BCUT2D eigenvalue weighted by Gasteiger charge is -2.10. The van der Waals surface area contributed by atoms with Crippen LogP contribution >= 0.6 is 0 Å². The van der Waals surface area contributed by atoms with Gasteiger partial charge < -0.3 is 4.98 Å². The quantitative estimate of drug-likeness (QED) is 0.733. The van der Waals surface area contributed by atoms with Crippen molar-refractivity contribution in [2.24, 2.45) is 7.05 Å². The standard InChI is InChI=1S/C10H9N5O.C6H11NO2S/c1-14-5-7(4-12-14)8-6-15-9(2-3-11-15)10(16)13-8;1-2-10(8,9)7-5-3-4-6-7/h2-6H,1H3,(H,13,16);2H,1,3-6H2. The van der Waals surface area contributed by atoms with Crippen LogP contribution < -0.4 is 5.56 Å². The van der Waals surface area contributed by atoms with Crippen molar-refractivity contribution in [1.82, 2.24) is 28.7 Å². The van der Waals surface area contributed by atoms with Gasteiger partial charge in [-0.15, -0.1) is 0 Å². The van der Waals surface area contributed by atoms with Crippen LogP contribution in [0.5, 0.6) is 0 Å². The Labute approximate surface area is 150 Å². The highest BCUT2D eigenvalue weighted by atomic mass is 32.2. The van der Waals surface area contributed by atoms with Crippen LogP contribution in [0.4, 0.5) is 0 Å². The van der Waals surface area contributed by atoms with Crippen LogP contribution in [0.25, 0.3) is 16.8 Å². The molecule has 0 unspecified atom stereocenters. The van der Waals surface area contributed by atoms with Gasteiger partial charge in [0.15, 0.2) is 0 Å². The van der Waals surface area contributed by atoms with Gasteiger partial charge in [-0.05, 0) is 18.9 Å². The van der Waals surface area contributed by atoms with Crippen molar-refractivity contribution in [2.45, 2.75) is 12.8 Å². The molecule has 0 aliphatic carbocycles. The minimum Gasteiger partial charge on any atom is -0.319 e. The summed E-state index contributed by atoms with van der Waals surface area (Å²) in [6, 6.07) is 1.67. The van der Waals surface area contributed by atoms with E-state index in [2.05, 4.69) is 21.8 Å². The monoisotopic (exact) mass is 376 g/mol. The first-order chi connectivity index (χ1) is 12.4. The number of hydrogen-bond donors (Lipinski definition) is 1. The van der Waals surface area contributed by atoms with E-state index in [9.17, 15) is 13.2 Å². The predicted molar refractivity (Wildman–Crippen MR) is 97.9 cm³/mol. The maximum atomic E-state index is 11.7. The molecule has 0 spiro atoms. The molecule has 3 aromatic rings. The van der Waals surface area contributed by atoms with E-state index < -0.39 is 10.0 Å². The Morgan fingerprint density at radius 3 is 2.58 bits per heavy atom. The lowest BCUT2D eigenvalue weighted by atomic mass is 10.3. The van der Waals surface area contributed by atoms with Gasteiger partial charge in [0.2, 0.25) is 10.0 Å². The summed E-state index contributed by atoms with van der Waals surface area (Å²) in [5.41, 5.74) is 1.94. The number of aromatic amines is 1. The van der Waals surface area contributed by atoms with Crippen molar-refractivity contribution in [1.29, 1.82) is 0 Å². The molecule has 0 aromatic carbocycles. The van der Waals surface area contributed by atoms with E-state index >= 15 is 0 Å². The zero-order valence-electron chi connectivity index (χ0n) is 14.4. The summed E-state index contributed by atoms with van der Waals surface area (Å²) in [5, 5.41) is 9.11. The predicted octanol–water partition coefficient (Wildman–Crippen LogP) is 0.979. The van der Waals surface area contributed by atoms with Crippen LogP contribution in [0.15, 0.2) is 47.6 Å². The third-order valence-corrected chi connectivity index (χ3v) is 5.56. The first-order valence-electron chi connectivity index (χ1n) is 8.09. The Bertz CT molecular complexity index is 1070. The largest absolute Gasteiger partial charge is 0.319 e. The Morgan fingerprint density at radius 1 is 1.23 bits per heavy atom. The summed E-state index contributed by atoms with van der Waals surface area (Å²) in [7, 11) is -1.27. The average molecular weight is 376 g/mol. The Morgan fingerprint density at radius 2 is 1.96 bits per heavy atom. The van der Waals surface area contributed by atoms with E-state index in [1.165, 1.54) is 4.31 Å². The molecule has 26 heavy (non-hydrogen) atoms. The fourth-order valence-corrected chi connectivity index (χ4v) is 3.67. The van der Waals surface area contributed by atoms with Crippen molar-refractivity contribution in [3.63, 3.8) is 0 Å². The second-order valence-electron chi connectivity index (χ2n) is 5.88. The van der Waals surface area contributed by atoms with Crippen molar-refractivity contribution in [3.8, 4) is 11.3 Å². The summed E-state index contributed by atoms with van der Waals surface area (Å²) >= 11 is 0. The van der Waals surface area contributed by atoms with Gasteiger partial charge in [-0.2, -0.15) is 14.5 Å². The third-order valence-electron chi connectivity index (χ3n) is 4.05. The van der Waals surface area contributed by atoms with Crippen LogP contribution in [0.2, 0.25) is 0 Å². The van der Waals surface area contributed by atoms with Gasteiger partial charge in [-0.1, -0.05) is 6.58 Å². The molecule has 4 heterocycles. The highest BCUT2D eigenvalue weighted by Crippen LogP contribution is 2.14. The molecule has 0 atom stereocenters. The van der Waals surface area contributed by atoms with E-state index in [1.807, 2.05) is 13.2 Å². The first kappa shape index (κ1) is 18.1. The van der Waals surface area contributed by atoms with Crippen LogP contribution in [0.3, 0.4) is 0 Å².